The van der Waals surface area contributed by atoms with Gasteiger partial charge in [0.2, 0.25) is 0 Å². The molecule has 2 aliphatic heterocycles. The van der Waals surface area contributed by atoms with Crippen molar-refractivity contribution >= 4 is 23.2 Å². The lowest BCUT2D eigenvalue weighted by atomic mass is 9.97. The van der Waals surface area contributed by atoms with Gasteiger partial charge in [0, 0.05) is 24.8 Å². The van der Waals surface area contributed by atoms with Crippen LogP contribution in [0.1, 0.15) is 40.0 Å². The highest BCUT2D eigenvalue weighted by Gasteiger charge is 2.37. The van der Waals surface area contributed by atoms with E-state index in [1.165, 1.54) is 12.1 Å². The summed E-state index contributed by atoms with van der Waals surface area (Å²) in [5.74, 6) is -0.819. The molecule has 6 nitrogen and oxygen atoms in total. The van der Waals surface area contributed by atoms with E-state index in [0.717, 1.165) is 37.9 Å². The number of benzene rings is 2. The third kappa shape index (κ3) is 3.92. The van der Waals surface area contributed by atoms with E-state index in [2.05, 4.69) is 10.1 Å². The Morgan fingerprint density at radius 3 is 2.57 bits per heavy atom. The fraction of sp³-hybridized carbons (Fsp3) is 0.333. The van der Waals surface area contributed by atoms with Gasteiger partial charge in [-0.1, -0.05) is 0 Å². The van der Waals surface area contributed by atoms with Crippen molar-refractivity contribution in [2.24, 2.45) is 0 Å². The average Bonchev–Trinajstić information content (AvgIpc) is 2.72. The third-order valence-corrected chi connectivity index (χ3v) is 5.40. The van der Waals surface area contributed by atoms with Gasteiger partial charge in [-0.2, -0.15) is 0 Å². The Bertz CT molecular complexity index is 976. The quantitative estimate of drug-likeness (QED) is 0.809. The standard InChI is InChI=1S/C21H20F3N3O3/c1-26-17-12-13(5-10-16(17)20(29)27-11-3-2-4-18(26)27)19(28)25-14-6-8-15(9-7-14)30-21(22,23)24/h5-10,12,18H,2-4,11H2,1H3,(H,25,28)/t18-/m0/s1. The minimum Gasteiger partial charge on any atom is -0.406 e. The SMILES string of the molecule is CN1c2cc(C(=O)Nc3ccc(OC(F)(F)F)cc3)ccc2C(=O)N2CCCC[C@H]21. The largest absolute Gasteiger partial charge is 0.573 e. The first-order valence-corrected chi connectivity index (χ1v) is 9.58. The molecule has 2 aromatic rings. The molecule has 0 spiro atoms. The van der Waals surface area contributed by atoms with Crippen LogP contribution < -0.4 is 15.0 Å². The molecule has 1 fully saturated rings. The van der Waals surface area contributed by atoms with Crippen molar-refractivity contribution in [2.75, 3.05) is 23.8 Å². The van der Waals surface area contributed by atoms with E-state index < -0.39 is 12.3 Å². The predicted molar refractivity (Wildman–Crippen MR) is 105 cm³/mol. The molecular weight excluding hydrogens is 399 g/mol. The van der Waals surface area contributed by atoms with Crippen molar-refractivity contribution in [3.05, 3.63) is 53.6 Å². The van der Waals surface area contributed by atoms with Crippen LogP contribution in [0, 0.1) is 0 Å². The normalized spacial score (nSPS) is 18.5. The second-order valence-electron chi connectivity index (χ2n) is 7.34. The number of halogens is 3. The molecule has 30 heavy (non-hydrogen) atoms. The van der Waals surface area contributed by atoms with E-state index in [9.17, 15) is 22.8 Å². The Labute approximate surface area is 171 Å². The van der Waals surface area contributed by atoms with Gasteiger partial charge in [0.1, 0.15) is 11.9 Å². The second-order valence-corrected chi connectivity index (χ2v) is 7.34. The Balaban J connectivity index is 1.52. The van der Waals surface area contributed by atoms with Crippen LogP contribution in [-0.2, 0) is 0 Å². The van der Waals surface area contributed by atoms with Gasteiger partial charge < -0.3 is 19.9 Å². The molecule has 0 aliphatic carbocycles. The lowest BCUT2D eigenvalue weighted by molar-refractivity contribution is -0.274. The van der Waals surface area contributed by atoms with E-state index >= 15 is 0 Å². The van der Waals surface area contributed by atoms with E-state index in [0.29, 0.717) is 22.5 Å². The monoisotopic (exact) mass is 419 g/mol. The minimum absolute atomic E-state index is 0.0155. The number of piperidine rings is 1. The Kier molecular flexibility index (Phi) is 5.05. The smallest absolute Gasteiger partial charge is 0.406 e. The number of fused-ring (bicyclic) bond motifs is 2. The maximum atomic E-state index is 12.8. The number of nitrogens with zero attached hydrogens (tertiary/aromatic N) is 2. The fourth-order valence-corrected chi connectivity index (χ4v) is 3.96. The van der Waals surface area contributed by atoms with Crippen LogP contribution in [0.2, 0.25) is 0 Å². The summed E-state index contributed by atoms with van der Waals surface area (Å²) in [4.78, 5) is 29.3. The number of alkyl halides is 3. The summed E-state index contributed by atoms with van der Waals surface area (Å²) in [6, 6.07) is 9.80. The highest BCUT2D eigenvalue weighted by Crippen LogP contribution is 2.35. The van der Waals surface area contributed by atoms with Crippen molar-refractivity contribution < 1.29 is 27.5 Å². The first-order chi connectivity index (χ1) is 14.2. The van der Waals surface area contributed by atoms with Crippen molar-refractivity contribution in [2.45, 2.75) is 31.8 Å². The van der Waals surface area contributed by atoms with Crippen LogP contribution in [0.25, 0.3) is 0 Å². The Morgan fingerprint density at radius 1 is 1.13 bits per heavy atom. The molecule has 0 radical (unpaired) electrons. The van der Waals surface area contributed by atoms with Crippen LogP contribution in [0.15, 0.2) is 42.5 Å². The minimum atomic E-state index is -4.77. The van der Waals surface area contributed by atoms with Crippen molar-refractivity contribution in [1.29, 1.82) is 0 Å². The van der Waals surface area contributed by atoms with Gasteiger partial charge >= 0.3 is 6.36 Å². The molecule has 158 valence electrons. The predicted octanol–water partition coefficient (Wildman–Crippen LogP) is 4.24. The number of hydrogen-bond donors (Lipinski definition) is 1. The number of hydrogen-bond acceptors (Lipinski definition) is 4. The Morgan fingerprint density at radius 2 is 1.87 bits per heavy atom. The van der Waals surface area contributed by atoms with Crippen LogP contribution in [-0.4, -0.2) is 42.8 Å². The number of amides is 2. The maximum absolute atomic E-state index is 12.8. The zero-order valence-electron chi connectivity index (χ0n) is 16.2. The summed E-state index contributed by atoms with van der Waals surface area (Å²) in [7, 11) is 1.91. The molecule has 2 aromatic carbocycles. The molecule has 2 aliphatic rings. The van der Waals surface area contributed by atoms with Crippen LogP contribution in [0.3, 0.4) is 0 Å². The van der Waals surface area contributed by atoms with Gasteiger partial charge in [-0.15, -0.1) is 13.2 Å². The maximum Gasteiger partial charge on any atom is 0.573 e. The van der Waals surface area contributed by atoms with Gasteiger partial charge in [0.15, 0.2) is 0 Å². The molecule has 4 rings (SSSR count). The van der Waals surface area contributed by atoms with Crippen molar-refractivity contribution in [3.8, 4) is 5.75 Å². The van der Waals surface area contributed by atoms with Gasteiger partial charge in [-0.25, -0.2) is 0 Å². The summed E-state index contributed by atoms with van der Waals surface area (Å²) in [6.45, 7) is 0.726. The van der Waals surface area contributed by atoms with Crippen molar-refractivity contribution in [1.82, 2.24) is 4.90 Å². The number of rotatable bonds is 3. The molecular formula is C21H20F3N3O3. The summed E-state index contributed by atoms with van der Waals surface area (Å²) in [6.07, 6.45) is -1.88. The van der Waals surface area contributed by atoms with Crippen molar-refractivity contribution in [3.63, 3.8) is 0 Å². The van der Waals surface area contributed by atoms with E-state index in [-0.39, 0.29) is 17.8 Å². The summed E-state index contributed by atoms with van der Waals surface area (Å²) in [5, 5.41) is 2.65. The van der Waals surface area contributed by atoms with Gasteiger partial charge in [0.25, 0.3) is 11.8 Å². The molecule has 1 N–H and O–H groups in total. The number of carbonyl (C=O) groups is 2. The van der Waals surface area contributed by atoms with E-state index in [1.807, 2.05) is 16.8 Å². The molecule has 2 heterocycles. The number of anilines is 2. The first-order valence-electron chi connectivity index (χ1n) is 9.58. The molecule has 1 atom stereocenters. The molecule has 1 saturated heterocycles. The molecule has 0 unspecified atom stereocenters. The summed E-state index contributed by atoms with van der Waals surface area (Å²) >= 11 is 0. The summed E-state index contributed by atoms with van der Waals surface area (Å²) < 4.78 is 40.6. The third-order valence-electron chi connectivity index (χ3n) is 5.40. The lowest BCUT2D eigenvalue weighted by Gasteiger charge is -2.46. The number of nitrogens with one attached hydrogen (secondary N) is 1. The van der Waals surface area contributed by atoms with E-state index in [4.69, 9.17) is 0 Å². The summed E-state index contributed by atoms with van der Waals surface area (Å²) in [5.41, 5.74) is 1.94. The molecule has 0 bridgehead atoms. The van der Waals surface area contributed by atoms with Gasteiger partial charge in [0.05, 0.1) is 11.3 Å². The van der Waals surface area contributed by atoms with Crippen LogP contribution >= 0.6 is 0 Å². The molecule has 0 aromatic heterocycles. The lowest BCUT2D eigenvalue weighted by Crippen LogP contribution is -2.55. The van der Waals surface area contributed by atoms with Crippen LogP contribution in [0.4, 0.5) is 24.5 Å². The van der Waals surface area contributed by atoms with Crippen LogP contribution in [0.5, 0.6) is 5.75 Å². The van der Waals surface area contributed by atoms with Gasteiger partial charge in [-0.05, 0) is 61.7 Å². The number of carbonyl (C=O) groups excluding carboxylic acids is 2. The van der Waals surface area contributed by atoms with Gasteiger partial charge in [-0.3, -0.25) is 9.59 Å². The molecule has 2 amide bonds. The molecule has 9 heteroatoms. The topological polar surface area (TPSA) is 61.9 Å². The Hall–Kier alpha value is -3.23. The highest BCUT2D eigenvalue weighted by atomic mass is 19.4. The average molecular weight is 419 g/mol. The van der Waals surface area contributed by atoms with E-state index in [1.54, 1.807) is 18.2 Å². The second kappa shape index (κ2) is 7.55. The number of ether oxygens (including phenoxy) is 1. The molecule has 0 saturated carbocycles. The highest BCUT2D eigenvalue weighted by molar-refractivity contribution is 6.08. The zero-order chi connectivity index (χ0) is 21.5. The fourth-order valence-electron chi connectivity index (χ4n) is 3.96. The zero-order valence-corrected chi connectivity index (χ0v) is 16.2. The first kappa shape index (κ1) is 20.1.